The first-order valence-corrected chi connectivity index (χ1v) is 8.79. The van der Waals surface area contributed by atoms with Crippen molar-refractivity contribution in [2.75, 3.05) is 0 Å². The van der Waals surface area contributed by atoms with Crippen molar-refractivity contribution < 1.29 is 31.4 Å². The molecule has 0 unspecified atom stereocenters. The first kappa shape index (κ1) is 22.8. The molecule has 31 heavy (non-hydrogen) atoms. The number of halogens is 8. The van der Waals surface area contributed by atoms with E-state index in [4.69, 9.17) is 23.2 Å². The van der Waals surface area contributed by atoms with E-state index in [0.29, 0.717) is 22.8 Å². The van der Waals surface area contributed by atoms with Gasteiger partial charge in [0.25, 0.3) is 5.56 Å². The molecule has 1 aromatic heterocycles. The van der Waals surface area contributed by atoms with E-state index in [2.05, 4.69) is 0 Å². The van der Waals surface area contributed by atoms with Gasteiger partial charge in [0.15, 0.2) is 0 Å². The molecule has 0 atom stereocenters. The van der Waals surface area contributed by atoms with E-state index in [1.807, 2.05) is 0 Å². The first-order valence-electron chi connectivity index (χ1n) is 8.04. The highest BCUT2D eigenvalue weighted by molar-refractivity contribution is 6.31. The molecule has 5 nitrogen and oxygen atoms in total. The summed E-state index contributed by atoms with van der Waals surface area (Å²) in [5.74, 6) is -1.04. The highest BCUT2D eigenvalue weighted by Gasteiger charge is 2.35. The summed E-state index contributed by atoms with van der Waals surface area (Å²) in [6.07, 6.45) is -9.82. The summed E-state index contributed by atoms with van der Waals surface area (Å²) < 4.78 is 79.4. The Morgan fingerprint density at radius 3 is 1.55 bits per heavy atom. The van der Waals surface area contributed by atoms with Crippen LogP contribution in [0, 0.1) is 0 Å². The quantitative estimate of drug-likeness (QED) is 0.518. The number of aromatic nitrogens is 2. The van der Waals surface area contributed by atoms with Crippen LogP contribution in [0.1, 0.15) is 11.1 Å². The maximum Gasteiger partial charge on any atom is 0.417 e. The molecular weight excluding hydrogens is 477 g/mol. The summed E-state index contributed by atoms with van der Waals surface area (Å²) in [6.45, 7) is 0. The van der Waals surface area contributed by atoms with Gasteiger partial charge in [-0.25, -0.2) is 13.9 Å². The molecule has 2 aromatic carbocycles. The van der Waals surface area contributed by atoms with Crippen LogP contribution < -0.4 is 11.2 Å². The molecule has 0 saturated carbocycles. The van der Waals surface area contributed by atoms with Crippen LogP contribution >= 0.6 is 23.2 Å². The molecule has 0 saturated heterocycles. The van der Waals surface area contributed by atoms with E-state index < -0.39 is 62.0 Å². The van der Waals surface area contributed by atoms with Gasteiger partial charge in [-0.2, -0.15) is 26.3 Å². The Labute approximate surface area is 178 Å². The standard InChI is InChI=1S/C18H8Cl2F6N2O3/c19-12-3-1-8(5-10(12)17(21,22)23)27-14(29)7-15(30)28(16(27)31)9-2-4-13(20)11(6-9)18(24,25)26/h1-7,29H. The van der Waals surface area contributed by atoms with Crippen LogP contribution in [0.5, 0.6) is 5.88 Å². The van der Waals surface area contributed by atoms with Crippen LogP contribution in [0.3, 0.4) is 0 Å². The zero-order chi connectivity index (χ0) is 23.3. The third-order valence-electron chi connectivity index (χ3n) is 4.11. The van der Waals surface area contributed by atoms with Crippen LogP contribution in [0.25, 0.3) is 11.4 Å². The largest absolute Gasteiger partial charge is 0.494 e. The molecule has 1 N–H and O–H groups in total. The number of benzene rings is 2. The van der Waals surface area contributed by atoms with Crippen molar-refractivity contribution in [2.24, 2.45) is 0 Å². The molecule has 164 valence electrons. The van der Waals surface area contributed by atoms with E-state index in [1.54, 1.807) is 0 Å². The third-order valence-corrected chi connectivity index (χ3v) is 4.77. The van der Waals surface area contributed by atoms with Crippen molar-refractivity contribution in [3.8, 4) is 17.3 Å². The molecule has 0 spiro atoms. The smallest absolute Gasteiger partial charge is 0.417 e. The average Bonchev–Trinajstić information content (AvgIpc) is 2.62. The lowest BCUT2D eigenvalue weighted by Crippen LogP contribution is -2.37. The van der Waals surface area contributed by atoms with Gasteiger partial charge in [-0.15, -0.1) is 0 Å². The summed E-state index contributed by atoms with van der Waals surface area (Å²) in [6, 6.07) is 4.83. The van der Waals surface area contributed by atoms with Crippen molar-refractivity contribution in [3.63, 3.8) is 0 Å². The van der Waals surface area contributed by atoms with Gasteiger partial charge in [0.2, 0.25) is 5.88 Å². The van der Waals surface area contributed by atoms with Crippen LogP contribution in [0.2, 0.25) is 10.0 Å². The first-order chi connectivity index (χ1) is 14.2. The second-order valence-electron chi connectivity index (χ2n) is 6.12. The number of hydrogen-bond donors (Lipinski definition) is 1. The topological polar surface area (TPSA) is 64.2 Å². The summed E-state index contributed by atoms with van der Waals surface area (Å²) in [4.78, 5) is 25.1. The lowest BCUT2D eigenvalue weighted by molar-refractivity contribution is -0.138. The number of hydrogen-bond acceptors (Lipinski definition) is 3. The van der Waals surface area contributed by atoms with Gasteiger partial charge in [-0.3, -0.25) is 4.79 Å². The molecular formula is C18H8Cl2F6N2O3. The van der Waals surface area contributed by atoms with Crippen molar-refractivity contribution in [2.45, 2.75) is 12.4 Å². The molecule has 0 bridgehead atoms. The van der Waals surface area contributed by atoms with E-state index in [1.165, 1.54) is 0 Å². The van der Waals surface area contributed by atoms with E-state index in [9.17, 15) is 41.0 Å². The van der Waals surface area contributed by atoms with Crippen LogP contribution in [-0.2, 0) is 12.4 Å². The van der Waals surface area contributed by atoms with Gasteiger partial charge >= 0.3 is 18.0 Å². The predicted molar refractivity (Wildman–Crippen MR) is 99.3 cm³/mol. The Morgan fingerprint density at radius 1 is 0.710 bits per heavy atom. The molecule has 0 aliphatic carbocycles. The molecule has 0 amide bonds. The average molecular weight is 485 g/mol. The second-order valence-corrected chi connectivity index (χ2v) is 6.93. The lowest BCUT2D eigenvalue weighted by Gasteiger charge is -2.16. The normalized spacial score (nSPS) is 12.3. The number of nitrogens with zero attached hydrogens (tertiary/aromatic N) is 2. The number of rotatable bonds is 2. The fourth-order valence-corrected chi connectivity index (χ4v) is 3.20. The SMILES string of the molecule is O=c1cc(O)n(-c2ccc(Cl)c(C(F)(F)F)c2)c(=O)n1-c1ccc(Cl)c(C(F)(F)F)c1. The van der Waals surface area contributed by atoms with E-state index in [-0.39, 0.29) is 4.57 Å². The minimum Gasteiger partial charge on any atom is -0.494 e. The summed E-state index contributed by atoms with van der Waals surface area (Å²) in [7, 11) is 0. The van der Waals surface area contributed by atoms with Crippen molar-refractivity contribution in [1.82, 2.24) is 9.13 Å². The minimum atomic E-state index is -4.91. The van der Waals surface area contributed by atoms with Gasteiger partial charge in [0, 0.05) is 0 Å². The zero-order valence-corrected chi connectivity index (χ0v) is 16.2. The third kappa shape index (κ3) is 4.28. The summed E-state index contributed by atoms with van der Waals surface area (Å²) >= 11 is 11.1. The van der Waals surface area contributed by atoms with Crippen molar-refractivity contribution in [3.05, 3.63) is 84.5 Å². The summed E-state index contributed by atoms with van der Waals surface area (Å²) in [5.41, 5.74) is -6.41. The van der Waals surface area contributed by atoms with Crippen molar-refractivity contribution in [1.29, 1.82) is 0 Å². The molecule has 3 rings (SSSR count). The molecule has 0 aliphatic heterocycles. The Hall–Kier alpha value is -2.92. The highest BCUT2D eigenvalue weighted by Crippen LogP contribution is 2.37. The molecule has 0 fully saturated rings. The maximum atomic E-state index is 13.1. The Balaban J connectivity index is 2.32. The van der Waals surface area contributed by atoms with E-state index >= 15 is 0 Å². The van der Waals surface area contributed by atoms with Crippen LogP contribution in [-0.4, -0.2) is 14.2 Å². The van der Waals surface area contributed by atoms with Crippen LogP contribution in [0.4, 0.5) is 26.3 Å². The molecule has 3 aromatic rings. The Bertz CT molecular complexity index is 1300. The number of aromatic hydroxyl groups is 1. The molecule has 0 radical (unpaired) electrons. The minimum absolute atomic E-state index is 0.243. The van der Waals surface area contributed by atoms with Gasteiger partial charge < -0.3 is 5.11 Å². The Morgan fingerprint density at radius 2 is 1.13 bits per heavy atom. The fraction of sp³-hybridized carbons (Fsp3) is 0.111. The van der Waals surface area contributed by atoms with E-state index in [0.717, 1.165) is 24.3 Å². The van der Waals surface area contributed by atoms with Gasteiger partial charge in [-0.05, 0) is 36.4 Å². The van der Waals surface area contributed by atoms with Gasteiger partial charge in [0.1, 0.15) is 0 Å². The lowest BCUT2D eigenvalue weighted by atomic mass is 10.2. The molecule has 0 aliphatic rings. The maximum absolute atomic E-state index is 13.1. The summed E-state index contributed by atoms with van der Waals surface area (Å²) in [5, 5.41) is 8.63. The zero-order valence-electron chi connectivity index (χ0n) is 14.7. The number of alkyl halides is 6. The fourth-order valence-electron chi connectivity index (χ4n) is 2.75. The van der Waals surface area contributed by atoms with Gasteiger partial charge in [0.05, 0.1) is 38.6 Å². The molecule has 1 heterocycles. The second kappa shape index (κ2) is 7.65. The van der Waals surface area contributed by atoms with Gasteiger partial charge in [-0.1, -0.05) is 23.2 Å². The molecule has 13 heteroatoms. The highest BCUT2D eigenvalue weighted by atomic mass is 35.5. The van der Waals surface area contributed by atoms with Crippen molar-refractivity contribution >= 4 is 23.2 Å². The Kier molecular flexibility index (Phi) is 5.61. The van der Waals surface area contributed by atoms with Crippen LogP contribution in [0.15, 0.2) is 52.1 Å². The monoisotopic (exact) mass is 484 g/mol. The predicted octanol–water partition coefficient (Wildman–Crippen LogP) is 5.04.